The molecule has 10 atom stereocenters. The maximum Gasteiger partial charge on any atom is 0.189 e. The molecule has 2 heterocycles. The van der Waals surface area contributed by atoms with Crippen LogP contribution in [0.4, 0.5) is 0 Å². The zero-order valence-electron chi connectivity index (χ0n) is 14.7. The monoisotopic (exact) mass is 380 g/mol. The van der Waals surface area contributed by atoms with Gasteiger partial charge >= 0.3 is 0 Å². The van der Waals surface area contributed by atoms with Crippen LogP contribution in [-0.2, 0) is 19.0 Å². The van der Waals surface area contributed by atoms with Crippen molar-refractivity contribution in [3.63, 3.8) is 0 Å². The highest BCUT2D eigenvalue weighted by atomic mass is 16.8. The molecule has 10 nitrogen and oxygen atoms in total. The van der Waals surface area contributed by atoms with Crippen LogP contribution in [0, 0.1) is 0 Å². The van der Waals surface area contributed by atoms with Crippen molar-refractivity contribution in [3.8, 4) is 0 Å². The lowest BCUT2D eigenvalue weighted by atomic mass is 9.95. The number of aliphatic hydroxyl groups excluding tert-OH is 6. The molecule has 26 heavy (non-hydrogen) atoms. The first kappa shape index (κ1) is 21.6. The first-order chi connectivity index (χ1) is 12.2. The van der Waals surface area contributed by atoms with Crippen LogP contribution in [0.5, 0.6) is 0 Å². The topological polar surface area (TPSA) is 166 Å². The molecule has 2 fully saturated rings. The molecule has 4 unspecified atom stereocenters. The van der Waals surface area contributed by atoms with Crippen molar-refractivity contribution < 1.29 is 49.6 Å². The number of rotatable bonds is 6. The fraction of sp³-hybridized carbons (Fsp3) is 0.938. The molecule has 2 aliphatic heterocycles. The molecule has 0 bridgehead atoms. The highest BCUT2D eigenvalue weighted by Crippen LogP contribution is 2.30. The first-order valence-corrected chi connectivity index (χ1v) is 8.71. The van der Waals surface area contributed by atoms with E-state index in [1.165, 1.54) is 6.92 Å². The fourth-order valence-electron chi connectivity index (χ4n) is 3.11. The molecule has 10 heteroatoms. The number of carbonyl (C=O) groups excluding carboxylic acids is 1. The van der Waals surface area contributed by atoms with Gasteiger partial charge in [-0.15, -0.1) is 0 Å². The molecule has 2 saturated heterocycles. The van der Waals surface area contributed by atoms with Crippen LogP contribution >= 0.6 is 0 Å². The molecule has 0 saturated carbocycles. The fourth-order valence-corrected chi connectivity index (χ4v) is 3.11. The van der Waals surface area contributed by atoms with E-state index in [1.807, 2.05) is 0 Å². The largest absolute Gasteiger partial charge is 0.388 e. The van der Waals surface area contributed by atoms with E-state index < -0.39 is 61.4 Å². The van der Waals surface area contributed by atoms with Crippen LogP contribution in [0.1, 0.15) is 33.1 Å². The molecule has 6 N–H and O–H groups in total. The van der Waals surface area contributed by atoms with Crippen LogP contribution in [0.25, 0.3) is 0 Å². The number of ketones is 1. The normalized spacial score (nSPS) is 46.9. The van der Waals surface area contributed by atoms with Gasteiger partial charge in [-0.3, -0.25) is 0 Å². The number of aliphatic hydroxyl groups is 6. The van der Waals surface area contributed by atoms with Gasteiger partial charge in [-0.1, -0.05) is 6.92 Å². The highest BCUT2D eigenvalue weighted by molar-refractivity contribution is 5.75. The van der Waals surface area contributed by atoms with Crippen molar-refractivity contribution in [1.29, 1.82) is 0 Å². The predicted octanol–water partition coefficient (Wildman–Crippen LogP) is -2.60. The Balaban J connectivity index is 2.07. The lowest BCUT2D eigenvalue weighted by molar-refractivity contribution is -0.374. The van der Waals surface area contributed by atoms with Crippen LogP contribution < -0.4 is 0 Å². The SMILES string of the molecule is CCC1O[C@H](O[C@H]2OC(CCC(C)=O)[C@@H](O)[C@H](O)C2O)[C@H](O)C(O)[C@@H]1O. The third-order valence-electron chi connectivity index (χ3n) is 4.79. The smallest absolute Gasteiger partial charge is 0.189 e. The summed E-state index contributed by atoms with van der Waals surface area (Å²) in [6, 6.07) is 0. The molecule has 0 spiro atoms. The maximum absolute atomic E-state index is 11.1. The van der Waals surface area contributed by atoms with E-state index >= 15 is 0 Å². The van der Waals surface area contributed by atoms with Gasteiger partial charge in [-0.2, -0.15) is 0 Å². The third-order valence-corrected chi connectivity index (χ3v) is 4.79. The molecule has 0 radical (unpaired) electrons. The molecule has 0 aliphatic carbocycles. The highest BCUT2D eigenvalue weighted by Gasteiger charge is 2.49. The molecular formula is C16H28O10. The summed E-state index contributed by atoms with van der Waals surface area (Å²) >= 11 is 0. The van der Waals surface area contributed by atoms with Crippen LogP contribution in [0.3, 0.4) is 0 Å². The summed E-state index contributed by atoms with van der Waals surface area (Å²) < 4.78 is 16.2. The van der Waals surface area contributed by atoms with Crippen LogP contribution in [0.15, 0.2) is 0 Å². The van der Waals surface area contributed by atoms with Crippen LogP contribution in [0.2, 0.25) is 0 Å². The first-order valence-electron chi connectivity index (χ1n) is 8.71. The average molecular weight is 380 g/mol. The maximum atomic E-state index is 11.1. The van der Waals surface area contributed by atoms with Crippen molar-refractivity contribution >= 4 is 5.78 Å². The number of ether oxygens (including phenoxy) is 3. The summed E-state index contributed by atoms with van der Waals surface area (Å²) in [7, 11) is 0. The molecule has 2 aliphatic rings. The second kappa shape index (κ2) is 9.00. The van der Waals surface area contributed by atoms with Crippen molar-refractivity contribution in [2.75, 3.05) is 0 Å². The van der Waals surface area contributed by atoms with Gasteiger partial charge < -0.3 is 49.6 Å². The second-order valence-corrected chi connectivity index (χ2v) is 6.81. The van der Waals surface area contributed by atoms with Crippen molar-refractivity contribution in [1.82, 2.24) is 0 Å². The molecule has 0 aromatic rings. The van der Waals surface area contributed by atoms with Gasteiger partial charge in [0.25, 0.3) is 0 Å². The predicted molar refractivity (Wildman–Crippen MR) is 84.7 cm³/mol. The van der Waals surface area contributed by atoms with Crippen molar-refractivity contribution in [3.05, 3.63) is 0 Å². The Morgan fingerprint density at radius 3 is 1.73 bits per heavy atom. The van der Waals surface area contributed by atoms with Crippen molar-refractivity contribution in [2.45, 2.75) is 94.5 Å². The second-order valence-electron chi connectivity index (χ2n) is 6.81. The minimum absolute atomic E-state index is 0.0998. The zero-order chi connectivity index (χ0) is 19.6. The summed E-state index contributed by atoms with van der Waals surface area (Å²) in [5.74, 6) is -0.132. The van der Waals surface area contributed by atoms with E-state index in [9.17, 15) is 35.4 Å². The summed E-state index contributed by atoms with van der Waals surface area (Å²) in [5, 5.41) is 59.9. The van der Waals surface area contributed by atoms with E-state index in [0.717, 1.165) is 0 Å². The number of hydrogen-bond donors (Lipinski definition) is 6. The molecule has 0 aromatic carbocycles. The van der Waals surface area contributed by atoms with Crippen molar-refractivity contribution in [2.24, 2.45) is 0 Å². The molecule has 2 rings (SSSR count). The zero-order valence-corrected chi connectivity index (χ0v) is 14.7. The lowest BCUT2D eigenvalue weighted by Crippen LogP contribution is -2.62. The van der Waals surface area contributed by atoms with Gasteiger partial charge in [0.2, 0.25) is 0 Å². The standard InChI is InChI=1S/C16H28O10/c1-3-7-9(18)11(20)13(22)15(24-7)26-16-14(23)12(21)10(19)8(25-16)5-4-6(2)17/h7-16,18-23H,3-5H2,1-2H3/t7?,8?,9-,10-,11?,12+,13-,14?,15-,16-/m1/s1. The average Bonchev–Trinajstić information content (AvgIpc) is 2.61. The van der Waals surface area contributed by atoms with Gasteiger partial charge in [0.1, 0.15) is 42.4 Å². The Kier molecular flexibility index (Phi) is 7.48. The van der Waals surface area contributed by atoms with Gasteiger partial charge in [0.15, 0.2) is 12.6 Å². The minimum atomic E-state index is -1.64. The molecule has 152 valence electrons. The minimum Gasteiger partial charge on any atom is -0.388 e. The van der Waals surface area contributed by atoms with Gasteiger partial charge in [-0.05, 0) is 19.8 Å². The summed E-state index contributed by atoms with van der Waals surface area (Å²) in [6.07, 6.45) is -13.2. The Labute approximate surface area is 150 Å². The van der Waals surface area contributed by atoms with E-state index in [2.05, 4.69) is 0 Å². The number of Topliss-reactive ketones (excluding diaryl/α,β-unsaturated/α-hetero) is 1. The lowest BCUT2D eigenvalue weighted by Gasteiger charge is -2.45. The van der Waals surface area contributed by atoms with Gasteiger partial charge in [0.05, 0.1) is 12.2 Å². The van der Waals surface area contributed by atoms with Gasteiger partial charge in [-0.25, -0.2) is 0 Å². The molecular weight excluding hydrogens is 352 g/mol. The summed E-state index contributed by atoms with van der Waals surface area (Å²) in [5.41, 5.74) is 0. The molecule has 0 aromatic heterocycles. The quantitative estimate of drug-likeness (QED) is 0.287. The van der Waals surface area contributed by atoms with E-state index in [1.54, 1.807) is 6.92 Å². The number of hydrogen-bond acceptors (Lipinski definition) is 10. The Bertz CT molecular complexity index is 472. The summed E-state index contributed by atoms with van der Waals surface area (Å²) in [4.78, 5) is 11.1. The Morgan fingerprint density at radius 2 is 1.27 bits per heavy atom. The summed E-state index contributed by atoms with van der Waals surface area (Å²) in [6.45, 7) is 3.08. The van der Waals surface area contributed by atoms with E-state index in [-0.39, 0.29) is 18.6 Å². The van der Waals surface area contributed by atoms with E-state index in [4.69, 9.17) is 14.2 Å². The molecule has 0 amide bonds. The van der Waals surface area contributed by atoms with Gasteiger partial charge in [0, 0.05) is 6.42 Å². The Hall–Kier alpha value is -0.690. The number of carbonyl (C=O) groups is 1. The third kappa shape index (κ3) is 4.58. The Morgan fingerprint density at radius 1 is 0.808 bits per heavy atom. The van der Waals surface area contributed by atoms with Crippen LogP contribution in [-0.4, -0.2) is 97.8 Å². The van der Waals surface area contributed by atoms with E-state index in [0.29, 0.717) is 6.42 Å².